The predicted octanol–water partition coefficient (Wildman–Crippen LogP) is 0.662. The zero-order valence-electron chi connectivity index (χ0n) is 18.2. The average molecular weight is 453 g/mol. The summed E-state index contributed by atoms with van der Waals surface area (Å²) in [6.07, 6.45) is 6.41. The van der Waals surface area contributed by atoms with Crippen molar-refractivity contribution in [1.29, 1.82) is 0 Å². The van der Waals surface area contributed by atoms with Gasteiger partial charge in [0.05, 0.1) is 11.6 Å². The highest BCUT2D eigenvalue weighted by molar-refractivity contribution is 7.87. The van der Waals surface area contributed by atoms with Crippen molar-refractivity contribution in [3.05, 3.63) is 17.3 Å². The Labute approximate surface area is 183 Å². The lowest BCUT2D eigenvalue weighted by Gasteiger charge is -2.43. The molecule has 1 aliphatic carbocycles. The molecule has 3 aliphatic rings. The summed E-state index contributed by atoms with van der Waals surface area (Å²) < 4.78 is 27.7. The lowest BCUT2D eigenvalue weighted by molar-refractivity contribution is 0.0351. The number of fused-ring (bicyclic) bond motifs is 1. The summed E-state index contributed by atoms with van der Waals surface area (Å²) in [6.45, 7) is 4.52. The molecule has 1 unspecified atom stereocenters. The fraction of sp³-hybridized carbons (Fsp3) is 0.700. The molecule has 0 radical (unpaired) electrons. The van der Waals surface area contributed by atoms with Crippen LogP contribution in [0.2, 0.25) is 0 Å². The third kappa shape index (κ3) is 4.29. The third-order valence-electron chi connectivity index (χ3n) is 6.69. The minimum atomic E-state index is -3.41. The molecule has 172 valence electrons. The normalized spacial score (nSPS) is 30.2. The largest absolute Gasteiger partial charge is 0.388 e. The quantitative estimate of drug-likeness (QED) is 0.513. The Morgan fingerprint density at radius 3 is 2.58 bits per heavy atom. The zero-order valence-corrected chi connectivity index (χ0v) is 19.1. The van der Waals surface area contributed by atoms with Crippen LogP contribution in [0.25, 0.3) is 6.08 Å². The van der Waals surface area contributed by atoms with Crippen molar-refractivity contribution < 1.29 is 18.6 Å². The van der Waals surface area contributed by atoms with Crippen molar-refractivity contribution in [2.75, 3.05) is 30.4 Å². The SMILES string of the molecule is CNS(=O)(=O)N1CCC(Nc2ncc3c(n2)N([C@@H]2CCC[C@@]2(C)O)C(O)C(C)=C3)CC1. The molecular formula is C20H32N6O4S. The van der Waals surface area contributed by atoms with E-state index in [0.29, 0.717) is 44.1 Å². The number of aliphatic hydroxyl groups is 2. The van der Waals surface area contributed by atoms with Gasteiger partial charge >= 0.3 is 0 Å². The molecule has 4 rings (SSSR count). The van der Waals surface area contributed by atoms with Crippen molar-refractivity contribution in [2.24, 2.45) is 0 Å². The van der Waals surface area contributed by atoms with Crippen LogP contribution in [0.5, 0.6) is 0 Å². The van der Waals surface area contributed by atoms with Gasteiger partial charge in [-0.1, -0.05) is 0 Å². The molecule has 3 atom stereocenters. The smallest absolute Gasteiger partial charge is 0.279 e. The predicted molar refractivity (Wildman–Crippen MR) is 119 cm³/mol. The van der Waals surface area contributed by atoms with Crippen molar-refractivity contribution in [3.63, 3.8) is 0 Å². The van der Waals surface area contributed by atoms with Crippen LogP contribution in [-0.4, -0.2) is 77.0 Å². The molecule has 2 fully saturated rings. The Hall–Kier alpha value is -1.79. The summed E-state index contributed by atoms with van der Waals surface area (Å²) >= 11 is 0. The number of nitrogens with zero attached hydrogens (tertiary/aromatic N) is 4. The van der Waals surface area contributed by atoms with Crippen LogP contribution in [0.3, 0.4) is 0 Å². The van der Waals surface area contributed by atoms with Gasteiger partial charge in [0.1, 0.15) is 5.82 Å². The van der Waals surface area contributed by atoms with Crippen molar-refractivity contribution >= 4 is 28.1 Å². The van der Waals surface area contributed by atoms with Gasteiger partial charge in [-0.25, -0.2) is 9.71 Å². The van der Waals surface area contributed by atoms with E-state index in [0.717, 1.165) is 24.0 Å². The first-order valence-corrected chi connectivity index (χ1v) is 12.3. The molecule has 11 heteroatoms. The molecule has 31 heavy (non-hydrogen) atoms. The van der Waals surface area contributed by atoms with Gasteiger partial charge in [0.15, 0.2) is 6.23 Å². The Balaban J connectivity index is 1.54. The van der Waals surface area contributed by atoms with Gasteiger partial charge in [0.2, 0.25) is 5.95 Å². The number of aromatic nitrogens is 2. The summed E-state index contributed by atoms with van der Waals surface area (Å²) in [5, 5.41) is 25.1. The average Bonchev–Trinajstić information content (AvgIpc) is 3.08. The van der Waals surface area contributed by atoms with Gasteiger partial charge in [-0.2, -0.15) is 17.7 Å². The topological polar surface area (TPSA) is 131 Å². The van der Waals surface area contributed by atoms with E-state index in [9.17, 15) is 18.6 Å². The highest BCUT2D eigenvalue weighted by Crippen LogP contribution is 2.41. The lowest BCUT2D eigenvalue weighted by atomic mass is 9.95. The van der Waals surface area contributed by atoms with E-state index in [4.69, 9.17) is 4.98 Å². The Morgan fingerprint density at radius 1 is 1.26 bits per heavy atom. The van der Waals surface area contributed by atoms with E-state index in [1.165, 1.54) is 11.4 Å². The summed E-state index contributed by atoms with van der Waals surface area (Å²) in [5.41, 5.74) is 0.698. The van der Waals surface area contributed by atoms with Gasteiger partial charge in [-0.3, -0.25) is 0 Å². The number of aliphatic hydroxyl groups excluding tert-OH is 1. The third-order valence-corrected chi connectivity index (χ3v) is 8.25. The number of hydrogen-bond donors (Lipinski definition) is 4. The summed E-state index contributed by atoms with van der Waals surface area (Å²) in [6, 6.07) is -0.183. The number of hydrogen-bond acceptors (Lipinski definition) is 8. The van der Waals surface area contributed by atoms with E-state index in [1.54, 1.807) is 6.20 Å². The summed E-state index contributed by atoms with van der Waals surface area (Å²) in [4.78, 5) is 11.0. The second kappa shape index (κ2) is 8.28. The highest BCUT2D eigenvalue weighted by atomic mass is 32.2. The molecule has 1 saturated carbocycles. The molecule has 1 saturated heterocycles. The van der Waals surface area contributed by atoms with Crippen LogP contribution in [-0.2, 0) is 10.2 Å². The Morgan fingerprint density at radius 2 is 1.97 bits per heavy atom. The molecule has 1 aromatic rings. The number of nitrogens with one attached hydrogen (secondary N) is 2. The molecule has 0 bridgehead atoms. The van der Waals surface area contributed by atoms with E-state index in [-0.39, 0.29) is 12.1 Å². The van der Waals surface area contributed by atoms with E-state index >= 15 is 0 Å². The monoisotopic (exact) mass is 452 g/mol. The van der Waals surface area contributed by atoms with Crippen molar-refractivity contribution in [3.8, 4) is 0 Å². The van der Waals surface area contributed by atoms with E-state index < -0.39 is 22.0 Å². The van der Waals surface area contributed by atoms with Crippen LogP contribution in [0.4, 0.5) is 11.8 Å². The number of piperidine rings is 1. The van der Waals surface area contributed by atoms with Crippen molar-refractivity contribution in [2.45, 2.75) is 69.9 Å². The first kappa shape index (κ1) is 22.4. The summed E-state index contributed by atoms with van der Waals surface area (Å²) in [5.74, 6) is 1.05. The summed E-state index contributed by atoms with van der Waals surface area (Å²) in [7, 11) is -1.99. The lowest BCUT2D eigenvalue weighted by Crippen LogP contribution is -2.54. The maximum atomic E-state index is 12.0. The van der Waals surface area contributed by atoms with Gasteiger partial charge in [0, 0.05) is 37.9 Å². The van der Waals surface area contributed by atoms with Gasteiger partial charge in [-0.05, 0) is 57.6 Å². The maximum absolute atomic E-state index is 12.0. The Kier molecular flexibility index (Phi) is 5.99. The van der Waals surface area contributed by atoms with Crippen LogP contribution in [0.1, 0.15) is 51.5 Å². The van der Waals surface area contributed by atoms with E-state index in [2.05, 4.69) is 15.0 Å². The van der Waals surface area contributed by atoms with Crippen LogP contribution < -0.4 is 14.9 Å². The molecule has 10 nitrogen and oxygen atoms in total. The fourth-order valence-corrected chi connectivity index (χ4v) is 5.80. The maximum Gasteiger partial charge on any atom is 0.279 e. The van der Waals surface area contributed by atoms with Gasteiger partial charge < -0.3 is 20.4 Å². The van der Waals surface area contributed by atoms with Gasteiger partial charge in [0.25, 0.3) is 10.2 Å². The molecule has 4 N–H and O–H groups in total. The molecule has 0 spiro atoms. The zero-order chi connectivity index (χ0) is 22.4. The molecule has 1 aromatic heterocycles. The standard InChI is InChI=1S/C20H32N6O4S/c1-13-11-14-12-22-19(23-15-6-9-25(10-7-15)31(29,30)21-3)24-17(14)26(18(13)27)16-5-4-8-20(16,2)28/h11-12,15-16,18,21,27-28H,4-10H2,1-3H3,(H,22,23,24)/t16-,18?,20-/m1/s1. The fourth-order valence-electron chi connectivity index (χ4n) is 4.86. The van der Waals surface area contributed by atoms with E-state index in [1.807, 2.05) is 24.8 Å². The van der Waals surface area contributed by atoms with Crippen molar-refractivity contribution in [1.82, 2.24) is 19.0 Å². The van der Waals surface area contributed by atoms with Crippen LogP contribution in [0, 0.1) is 0 Å². The van der Waals surface area contributed by atoms with Crippen LogP contribution in [0.15, 0.2) is 11.8 Å². The highest BCUT2D eigenvalue weighted by Gasteiger charge is 2.45. The first-order valence-electron chi connectivity index (χ1n) is 10.8. The molecular weight excluding hydrogens is 420 g/mol. The number of anilines is 2. The second-order valence-electron chi connectivity index (χ2n) is 8.93. The van der Waals surface area contributed by atoms with Crippen LogP contribution >= 0.6 is 0 Å². The second-order valence-corrected chi connectivity index (χ2v) is 10.8. The molecule has 0 aromatic carbocycles. The minimum absolute atomic E-state index is 0.0511. The minimum Gasteiger partial charge on any atom is -0.388 e. The molecule has 3 heterocycles. The Bertz CT molecular complexity index is 958. The number of rotatable bonds is 5. The molecule has 2 aliphatic heterocycles. The van der Waals surface area contributed by atoms with Gasteiger partial charge in [-0.15, -0.1) is 0 Å². The molecule has 0 amide bonds. The first-order chi connectivity index (χ1) is 14.6.